The molecule has 0 aliphatic carbocycles. The van der Waals surface area contributed by atoms with Gasteiger partial charge in [0.05, 0.1) is 6.04 Å². The summed E-state index contributed by atoms with van der Waals surface area (Å²) in [6, 6.07) is 8.10. The highest BCUT2D eigenvalue weighted by Gasteiger charge is 2.26. The van der Waals surface area contributed by atoms with Crippen molar-refractivity contribution < 1.29 is 4.79 Å². The van der Waals surface area contributed by atoms with Crippen LogP contribution in [0.2, 0.25) is 0 Å². The second-order valence-electron chi connectivity index (χ2n) is 3.83. The lowest BCUT2D eigenvalue weighted by atomic mass is 10.0. The van der Waals surface area contributed by atoms with Crippen molar-refractivity contribution in [3.8, 4) is 0 Å². The number of carbonyl (C=O) groups is 1. The third-order valence-corrected chi connectivity index (χ3v) is 2.69. The van der Waals surface area contributed by atoms with Gasteiger partial charge in [-0.15, -0.1) is 0 Å². The molecule has 0 aromatic heterocycles. The molecule has 1 heterocycles. The highest BCUT2D eigenvalue weighted by atomic mass is 16.2. The molecule has 2 amide bonds. The Balaban J connectivity index is 2.19. The Bertz CT molecular complexity index is 378. The largest absolute Gasteiger partial charge is 0.329 e. The SMILES string of the molecule is CN1CC(c2cccc(CN)c2)NC1=O. The topological polar surface area (TPSA) is 58.4 Å². The second-order valence-corrected chi connectivity index (χ2v) is 3.83. The van der Waals surface area contributed by atoms with Gasteiger partial charge in [-0.1, -0.05) is 24.3 Å². The van der Waals surface area contributed by atoms with E-state index in [4.69, 9.17) is 5.73 Å². The molecule has 15 heavy (non-hydrogen) atoms. The second kappa shape index (κ2) is 3.90. The molecule has 1 unspecified atom stereocenters. The van der Waals surface area contributed by atoms with E-state index in [0.29, 0.717) is 13.1 Å². The van der Waals surface area contributed by atoms with Gasteiger partial charge in [0.25, 0.3) is 0 Å². The van der Waals surface area contributed by atoms with Crippen molar-refractivity contribution >= 4 is 6.03 Å². The summed E-state index contributed by atoms with van der Waals surface area (Å²) in [5.74, 6) is 0. The Morgan fingerprint density at radius 1 is 1.60 bits per heavy atom. The van der Waals surface area contributed by atoms with Gasteiger partial charge in [0.2, 0.25) is 0 Å². The molecule has 1 aromatic rings. The Kier molecular flexibility index (Phi) is 2.60. The molecular formula is C11H15N3O. The first-order chi connectivity index (χ1) is 7.20. The van der Waals surface area contributed by atoms with Crippen molar-refractivity contribution in [2.24, 2.45) is 5.73 Å². The van der Waals surface area contributed by atoms with Crippen molar-refractivity contribution in [1.82, 2.24) is 10.2 Å². The minimum Gasteiger partial charge on any atom is -0.329 e. The van der Waals surface area contributed by atoms with Crippen LogP contribution < -0.4 is 11.1 Å². The van der Waals surface area contributed by atoms with Gasteiger partial charge in [-0.3, -0.25) is 0 Å². The first-order valence-corrected chi connectivity index (χ1v) is 5.01. The van der Waals surface area contributed by atoms with Gasteiger partial charge in [-0.25, -0.2) is 4.79 Å². The molecule has 1 aliphatic rings. The van der Waals surface area contributed by atoms with Gasteiger partial charge in [0, 0.05) is 20.1 Å². The minimum atomic E-state index is -0.0156. The molecule has 0 radical (unpaired) electrons. The molecule has 0 bridgehead atoms. The predicted molar refractivity (Wildman–Crippen MR) is 58.2 cm³/mol. The average Bonchev–Trinajstić information content (AvgIpc) is 2.59. The molecule has 1 atom stereocenters. The van der Waals surface area contributed by atoms with Gasteiger partial charge < -0.3 is 16.0 Å². The van der Waals surface area contributed by atoms with E-state index in [-0.39, 0.29) is 12.1 Å². The monoisotopic (exact) mass is 205 g/mol. The maximum atomic E-state index is 11.3. The summed E-state index contributed by atoms with van der Waals surface area (Å²) < 4.78 is 0. The Hall–Kier alpha value is -1.55. The number of nitrogens with two attached hydrogens (primary N) is 1. The molecule has 3 N–H and O–H groups in total. The summed E-state index contributed by atoms with van der Waals surface area (Å²) in [6.07, 6.45) is 0. The molecule has 1 aliphatic heterocycles. The van der Waals surface area contributed by atoms with E-state index >= 15 is 0 Å². The van der Waals surface area contributed by atoms with Gasteiger partial charge in [-0.05, 0) is 11.1 Å². The molecule has 1 saturated heterocycles. The number of amides is 2. The van der Waals surface area contributed by atoms with Crippen LogP contribution in [0.5, 0.6) is 0 Å². The molecular weight excluding hydrogens is 190 g/mol. The molecule has 0 spiro atoms. The van der Waals surface area contributed by atoms with E-state index in [2.05, 4.69) is 5.32 Å². The fourth-order valence-corrected chi connectivity index (χ4v) is 1.79. The van der Waals surface area contributed by atoms with Gasteiger partial charge >= 0.3 is 6.03 Å². The maximum absolute atomic E-state index is 11.3. The molecule has 1 fully saturated rings. The number of nitrogens with zero attached hydrogens (tertiary/aromatic N) is 1. The van der Waals surface area contributed by atoms with E-state index in [1.807, 2.05) is 24.3 Å². The van der Waals surface area contributed by atoms with Crippen LogP contribution in [0.3, 0.4) is 0 Å². The van der Waals surface area contributed by atoms with Gasteiger partial charge in [0.1, 0.15) is 0 Å². The summed E-state index contributed by atoms with van der Waals surface area (Å²) >= 11 is 0. The van der Waals surface area contributed by atoms with Gasteiger partial charge in [-0.2, -0.15) is 0 Å². The van der Waals surface area contributed by atoms with Crippen LogP contribution in [-0.4, -0.2) is 24.5 Å². The van der Waals surface area contributed by atoms with Crippen LogP contribution in [0.15, 0.2) is 24.3 Å². The quantitative estimate of drug-likeness (QED) is 0.751. The Morgan fingerprint density at radius 3 is 3.00 bits per heavy atom. The lowest BCUT2D eigenvalue weighted by Crippen LogP contribution is -2.23. The van der Waals surface area contributed by atoms with Crippen LogP contribution in [-0.2, 0) is 6.54 Å². The van der Waals surface area contributed by atoms with Crippen molar-refractivity contribution in [1.29, 1.82) is 0 Å². The number of urea groups is 1. The van der Waals surface area contributed by atoms with Crippen LogP contribution in [0.1, 0.15) is 17.2 Å². The normalized spacial score (nSPS) is 20.5. The third-order valence-electron chi connectivity index (χ3n) is 2.69. The number of likely N-dealkylation sites (N-methyl/N-ethyl adjacent to an activating group) is 1. The summed E-state index contributed by atoms with van der Waals surface area (Å²) in [5.41, 5.74) is 7.79. The lowest BCUT2D eigenvalue weighted by Gasteiger charge is -2.10. The average molecular weight is 205 g/mol. The zero-order chi connectivity index (χ0) is 10.8. The standard InChI is InChI=1S/C11H15N3O/c1-14-7-10(13-11(14)15)9-4-2-3-8(5-9)6-12/h2-5,10H,6-7,12H2,1H3,(H,13,15). The number of carbonyl (C=O) groups excluding carboxylic acids is 1. The van der Waals surface area contributed by atoms with E-state index in [0.717, 1.165) is 11.1 Å². The zero-order valence-electron chi connectivity index (χ0n) is 8.73. The van der Waals surface area contributed by atoms with Crippen LogP contribution in [0, 0.1) is 0 Å². The van der Waals surface area contributed by atoms with Crippen molar-refractivity contribution in [3.05, 3.63) is 35.4 Å². The molecule has 1 aromatic carbocycles. The first-order valence-electron chi connectivity index (χ1n) is 5.01. The number of nitrogens with one attached hydrogen (secondary N) is 1. The highest BCUT2D eigenvalue weighted by molar-refractivity contribution is 5.76. The van der Waals surface area contributed by atoms with Crippen LogP contribution in [0.25, 0.3) is 0 Å². The van der Waals surface area contributed by atoms with Crippen molar-refractivity contribution in [2.45, 2.75) is 12.6 Å². The summed E-state index contributed by atoms with van der Waals surface area (Å²) in [6.45, 7) is 1.25. The number of rotatable bonds is 2. The van der Waals surface area contributed by atoms with E-state index < -0.39 is 0 Å². The van der Waals surface area contributed by atoms with Crippen LogP contribution >= 0.6 is 0 Å². The fourth-order valence-electron chi connectivity index (χ4n) is 1.79. The number of hydrogen-bond acceptors (Lipinski definition) is 2. The predicted octanol–water partition coefficient (Wildman–Crippen LogP) is 0.841. The lowest BCUT2D eigenvalue weighted by molar-refractivity contribution is 0.226. The summed E-state index contributed by atoms with van der Waals surface area (Å²) in [5, 5.41) is 2.92. The fraction of sp³-hybridized carbons (Fsp3) is 0.364. The minimum absolute atomic E-state index is 0.0156. The maximum Gasteiger partial charge on any atom is 0.317 e. The highest BCUT2D eigenvalue weighted by Crippen LogP contribution is 2.19. The molecule has 2 rings (SSSR count). The Labute approximate surface area is 89.1 Å². The van der Waals surface area contributed by atoms with E-state index in [9.17, 15) is 4.79 Å². The zero-order valence-corrected chi connectivity index (χ0v) is 8.73. The summed E-state index contributed by atoms with van der Waals surface area (Å²) in [4.78, 5) is 13.0. The molecule has 4 heteroatoms. The van der Waals surface area contributed by atoms with Gasteiger partial charge in [0.15, 0.2) is 0 Å². The summed E-state index contributed by atoms with van der Waals surface area (Å²) in [7, 11) is 1.79. The first kappa shape index (κ1) is 9.98. The molecule has 4 nitrogen and oxygen atoms in total. The van der Waals surface area contributed by atoms with Crippen molar-refractivity contribution in [3.63, 3.8) is 0 Å². The van der Waals surface area contributed by atoms with Crippen molar-refractivity contribution in [2.75, 3.05) is 13.6 Å². The third kappa shape index (κ3) is 1.94. The van der Waals surface area contributed by atoms with E-state index in [1.54, 1.807) is 11.9 Å². The molecule has 0 saturated carbocycles. The van der Waals surface area contributed by atoms with Crippen LogP contribution in [0.4, 0.5) is 4.79 Å². The van der Waals surface area contributed by atoms with E-state index in [1.165, 1.54) is 0 Å². The number of hydrogen-bond donors (Lipinski definition) is 2. The number of benzene rings is 1. The smallest absolute Gasteiger partial charge is 0.317 e. The molecule has 80 valence electrons. The Morgan fingerprint density at radius 2 is 2.40 bits per heavy atom.